The van der Waals surface area contributed by atoms with E-state index in [-0.39, 0.29) is 11.3 Å². The molecule has 5 heteroatoms. The maximum atomic E-state index is 11.7. The highest BCUT2D eigenvalue weighted by Gasteiger charge is 2.48. The summed E-state index contributed by atoms with van der Waals surface area (Å²) in [5, 5.41) is 7.11. The molecule has 2 aliphatic rings. The summed E-state index contributed by atoms with van der Waals surface area (Å²) < 4.78 is 1.96. The van der Waals surface area contributed by atoms with Gasteiger partial charge in [0.1, 0.15) is 0 Å². The van der Waals surface area contributed by atoms with Crippen LogP contribution in [0.4, 0.5) is 0 Å². The van der Waals surface area contributed by atoms with Crippen molar-refractivity contribution in [3.8, 4) is 0 Å². The van der Waals surface area contributed by atoms with Gasteiger partial charge in [-0.2, -0.15) is 5.10 Å². The van der Waals surface area contributed by atoms with E-state index in [4.69, 9.17) is 0 Å². The molecule has 1 aromatic heterocycles. The zero-order valence-corrected chi connectivity index (χ0v) is 8.73. The predicted molar refractivity (Wildman–Crippen MR) is 54.0 cm³/mol. The van der Waals surface area contributed by atoms with Crippen molar-refractivity contribution in [1.29, 1.82) is 0 Å². The zero-order chi connectivity index (χ0) is 10.5. The number of carbonyl (C=O) groups excluding carboxylic acids is 1. The number of amides is 1. The molecule has 1 atom stereocenters. The van der Waals surface area contributed by atoms with E-state index in [0.717, 1.165) is 19.6 Å². The number of fused-ring (bicyclic) bond motifs is 1. The van der Waals surface area contributed by atoms with E-state index in [0.29, 0.717) is 6.54 Å². The third kappa shape index (κ3) is 1.19. The summed E-state index contributed by atoms with van der Waals surface area (Å²) in [6, 6.07) is 2.02. The van der Waals surface area contributed by atoms with Crippen molar-refractivity contribution in [3.63, 3.8) is 0 Å². The quantitative estimate of drug-likeness (QED) is 0.579. The first-order valence-electron chi connectivity index (χ1n) is 5.17. The van der Waals surface area contributed by atoms with E-state index in [9.17, 15) is 4.79 Å². The maximum Gasteiger partial charge on any atom is 0.231 e. The lowest BCUT2D eigenvalue weighted by Crippen LogP contribution is -2.64. The largest absolute Gasteiger partial charge is 0.354 e. The number of nitrogens with one attached hydrogen (secondary N) is 1. The first-order chi connectivity index (χ1) is 7.20. The summed E-state index contributed by atoms with van der Waals surface area (Å²) in [4.78, 5) is 13.9. The first-order valence-corrected chi connectivity index (χ1v) is 5.17. The van der Waals surface area contributed by atoms with Gasteiger partial charge in [0, 0.05) is 25.8 Å². The van der Waals surface area contributed by atoms with Crippen LogP contribution in [0.15, 0.2) is 12.3 Å². The Labute approximate surface area is 88.1 Å². The second-order valence-corrected chi connectivity index (χ2v) is 4.62. The number of aromatic nitrogens is 2. The van der Waals surface area contributed by atoms with Gasteiger partial charge in [0.05, 0.1) is 17.7 Å². The Morgan fingerprint density at radius 1 is 1.53 bits per heavy atom. The molecule has 1 N–H and O–H groups in total. The number of hydrogen-bond donors (Lipinski definition) is 1. The fourth-order valence-electron chi connectivity index (χ4n) is 2.49. The van der Waals surface area contributed by atoms with Gasteiger partial charge >= 0.3 is 0 Å². The number of rotatable bonds is 0. The van der Waals surface area contributed by atoms with Crippen molar-refractivity contribution >= 4 is 5.91 Å². The minimum Gasteiger partial charge on any atom is -0.354 e. The molecule has 15 heavy (non-hydrogen) atoms. The molecule has 1 saturated heterocycles. The Bertz CT molecular complexity index is 413. The van der Waals surface area contributed by atoms with Gasteiger partial charge in [0.15, 0.2) is 0 Å². The highest BCUT2D eigenvalue weighted by Crippen LogP contribution is 2.30. The first kappa shape index (κ1) is 8.91. The average Bonchev–Trinajstić information content (AvgIpc) is 2.56. The van der Waals surface area contributed by atoms with Crippen LogP contribution in [0.2, 0.25) is 0 Å². The molecule has 3 heterocycles. The topological polar surface area (TPSA) is 50.2 Å². The summed E-state index contributed by atoms with van der Waals surface area (Å²) in [5.74, 6) is 0.165. The summed E-state index contributed by atoms with van der Waals surface area (Å²) in [7, 11) is 2.05. The molecule has 1 aromatic rings. The molecule has 1 fully saturated rings. The Morgan fingerprint density at radius 2 is 2.40 bits per heavy atom. The van der Waals surface area contributed by atoms with Crippen LogP contribution in [0.5, 0.6) is 0 Å². The van der Waals surface area contributed by atoms with Crippen LogP contribution in [0.1, 0.15) is 5.69 Å². The smallest absolute Gasteiger partial charge is 0.231 e. The molecule has 0 aliphatic carbocycles. The van der Waals surface area contributed by atoms with Gasteiger partial charge in [-0.05, 0) is 13.1 Å². The third-order valence-corrected chi connectivity index (χ3v) is 3.33. The minimum atomic E-state index is -0.244. The third-order valence-electron chi connectivity index (χ3n) is 3.33. The zero-order valence-electron chi connectivity index (χ0n) is 8.73. The molecular weight excluding hydrogens is 192 g/mol. The van der Waals surface area contributed by atoms with Crippen LogP contribution in [-0.2, 0) is 17.9 Å². The molecule has 2 aliphatic heterocycles. The van der Waals surface area contributed by atoms with E-state index in [1.165, 1.54) is 5.69 Å². The van der Waals surface area contributed by atoms with Crippen molar-refractivity contribution < 1.29 is 4.79 Å². The maximum absolute atomic E-state index is 11.7. The molecule has 0 aromatic carbocycles. The van der Waals surface area contributed by atoms with Gasteiger partial charge in [-0.15, -0.1) is 0 Å². The number of hydrogen-bond acceptors (Lipinski definition) is 3. The standard InChI is InChI=1S/C10H14N4O/c1-13-4-8-2-3-12-14(8)7-10(6-13)5-11-9(10)15/h2-3H,4-7H2,1H3,(H,11,15). The van der Waals surface area contributed by atoms with Crippen LogP contribution >= 0.6 is 0 Å². The van der Waals surface area contributed by atoms with Gasteiger partial charge in [-0.3, -0.25) is 14.4 Å². The van der Waals surface area contributed by atoms with Gasteiger partial charge in [-0.1, -0.05) is 0 Å². The van der Waals surface area contributed by atoms with E-state index in [1.54, 1.807) is 6.20 Å². The van der Waals surface area contributed by atoms with Gasteiger partial charge in [-0.25, -0.2) is 0 Å². The molecular formula is C10H14N4O. The van der Waals surface area contributed by atoms with Crippen molar-refractivity contribution in [2.75, 3.05) is 20.1 Å². The normalized spacial score (nSPS) is 30.6. The van der Waals surface area contributed by atoms with E-state index in [1.807, 2.05) is 10.7 Å². The van der Waals surface area contributed by atoms with Crippen molar-refractivity contribution in [3.05, 3.63) is 18.0 Å². The summed E-state index contributed by atoms with van der Waals surface area (Å²) in [6.45, 7) is 3.18. The Morgan fingerprint density at radius 3 is 3.07 bits per heavy atom. The number of carbonyl (C=O) groups is 1. The number of nitrogens with zero attached hydrogens (tertiary/aromatic N) is 3. The summed E-state index contributed by atoms with van der Waals surface area (Å²) in [5.41, 5.74) is 0.945. The molecule has 3 rings (SSSR count). The van der Waals surface area contributed by atoms with Crippen LogP contribution < -0.4 is 5.32 Å². The Balaban J connectivity index is 1.99. The minimum absolute atomic E-state index is 0.165. The Hall–Kier alpha value is -1.36. The SMILES string of the molecule is CN1Cc2ccnn2CC2(CNC2=O)C1. The monoisotopic (exact) mass is 206 g/mol. The fourth-order valence-corrected chi connectivity index (χ4v) is 2.49. The number of β-lactam (4-membered cyclic amide) rings is 1. The molecule has 80 valence electrons. The highest BCUT2D eigenvalue weighted by molar-refractivity contribution is 5.88. The Kier molecular flexibility index (Phi) is 1.68. The molecule has 1 unspecified atom stereocenters. The molecule has 0 saturated carbocycles. The van der Waals surface area contributed by atoms with Crippen LogP contribution in [0.3, 0.4) is 0 Å². The van der Waals surface area contributed by atoms with Crippen molar-refractivity contribution in [2.45, 2.75) is 13.1 Å². The molecule has 1 spiro atoms. The van der Waals surface area contributed by atoms with E-state index >= 15 is 0 Å². The fraction of sp³-hybridized carbons (Fsp3) is 0.600. The lowest BCUT2D eigenvalue weighted by molar-refractivity contribution is -0.142. The predicted octanol–water partition coefficient (Wildman–Crippen LogP) is -0.555. The lowest BCUT2D eigenvalue weighted by atomic mass is 9.80. The van der Waals surface area contributed by atoms with Crippen LogP contribution in [0, 0.1) is 5.41 Å². The van der Waals surface area contributed by atoms with Crippen molar-refractivity contribution in [1.82, 2.24) is 20.0 Å². The lowest BCUT2D eigenvalue weighted by Gasteiger charge is -2.41. The molecule has 0 radical (unpaired) electrons. The van der Waals surface area contributed by atoms with Gasteiger partial charge in [0.25, 0.3) is 0 Å². The molecule has 5 nitrogen and oxygen atoms in total. The van der Waals surface area contributed by atoms with Crippen LogP contribution in [-0.4, -0.2) is 40.7 Å². The summed E-state index contributed by atoms with van der Waals surface area (Å²) >= 11 is 0. The molecule has 0 bridgehead atoms. The van der Waals surface area contributed by atoms with Gasteiger partial charge in [0.2, 0.25) is 5.91 Å². The second-order valence-electron chi connectivity index (χ2n) is 4.62. The summed E-state index contributed by atoms with van der Waals surface area (Å²) in [6.07, 6.45) is 1.80. The second kappa shape index (κ2) is 2.82. The van der Waals surface area contributed by atoms with Crippen molar-refractivity contribution in [2.24, 2.45) is 5.41 Å². The highest BCUT2D eigenvalue weighted by atomic mass is 16.2. The average molecular weight is 206 g/mol. The van der Waals surface area contributed by atoms with E-state index in [2.05, 4.69) is 22.4 Å². The van der Waals surface area contributed by atoms with E-state index < -0.39 is 0 Å². The van der Waals surface area contributed by atoms with Gasteiger partial charge < -0.3 is 5.32 Å². The molecule has 1 amide bonds. The van der Waals surface area contributed by atoms with Crippen LogP contribution in [0.25, 0.3) is 0 Å².